The quantitative estimate of drug-likeness (QED) is 0.920. The van der Waals surface area contributed by atoms with E-state index in [1.165, 1.54) is 0 Å². The lowest BCUT2D eigenvalue weighted by Crippen LogP contribution is -2.47. The van der Waals surface area contributed by atoms with Gasteiger partial charge in [-0.2, -0.15) is 0 Å². The summed E-state index contributed by atoms with van der Waals surface area (Å²) in [5, 5.41) is 2.82. The van der Waals surface area contributed by atoms with Gasteiger partial charge in [-0.15, -0.1) is 0 Å². The summed E-state index contributed by atoms with van der Waals surface area (Å²) in [6.07, 6.45) is 0.338. The minimum atomic E-state index is -0.450. The van der Waals surface area contributed by atoms with Gasteiger partial charge in [-0.3, -0.25) is 9.59 Å². The molecule has 21 heavy (non-hydrogen) atoms. The smallest absolute Gasteiger partial charge is 0.249 e. The molecular formula is C16H23N3O2. The van der Waals surface area contributed by atoms with Crippen molar-refractivity contribution >= 4 is 23.2 Å². The van der Waals surface area contributed by atoms with Crippen LogP contribution in [0.25, 0.3) is 0 Å². The fourth-order valence-corrected chi connectivity index (χ4v) is 2.44. The molecule has 0 saturated carbocycles. The van der Waals surface area contributed by atoms with E-state index >= 15 is 0 Å². The van der Waals surface area contributed by atoms with Crippen LogP contribution in [0.15, 0.2) is 24.3 Å². The van der Waals surface area contributed by atoms with E-state index in [9.17, 15) is 9.59 Å². The number of hydrogen-bond acceptors (Lipinski definition) is 3. The third-order valence-corrected chi connectivity index (χ3v) is 3.76. The maximum Gasteiger partial charge on any atom is 0.249 e. The second-order valence-electron chi connectivity index (χ2n) is 5.94. The van der Waals surface area contributed by atoms with Crippen LogP contribution in [0.3, 0.4) is 0 Å². The minimum Gasteiger partial charge on any atom is -0.378 e. The molecule has 1 N–H and O–H groups in total. The average Bonchev–Trinajstić information content (AvgIpc) is 2.58. The van der Waals surface area contributed by atoms with E-state index in [0.29, 0.717) is 13.0 Å². The summed E-state index contributed by atoms with van der Waals surface area (Å²) in [5.41, 5.74) is 1.92. The van der Waals surface area contributed by atoms with Gasteiger partial charge < -0.3 is 15.1 Å². The molecule has 1 unspecified atom stereocenters. The number of nitrogens with zero attached hydrogens (tertiary/aromatic N) is 2. The van der Waals surface area contributed by atoms with Gasteiger partial charge >= 0.3 is 0 Å². The Morgan fingerprint density at radius 3 is 2.33 bits per heavy atom. The van der Waals surface area contributed by atoms with Gasteiger partial charge in [0.15, 0.2) is 0 Å². The molecule has 2 rings (SSSR count). The molecule has 0 aromatic heterocycles. The molecule has 1 fully saturated rings. The van der Waals surface area contributed by atoms with E-state index in [4.69, 9.17) is 0 Å². The molecule has 114 valence electrons. The van der Waals surface area contributed by atoms with E-state index in [2.05, 4.69) is 5.32 Å². The van der Waals surface area contributed by atoms with Crippen LogP contribution in [0, 0.1) is 5.92 Å². The van der Waals surface area contributed by atoms with Gasteiger partial charge in [0.1, 0.15) is 6.04 Å². The van der Waals surface area contributed by atoms with Crippen molar-refractivity contribution in [1.29, 1.82) is 0 Å². The first kappa shape index (κ1) is 15.4. The molecule has 2 amide bonds. The van der Waals surface area contributed by atoms with Crippen molar-refractivity contribution in [1.82, 2.24) is 5.32 Å². The number of amides is 2. The molecule has 0 bridgehead atoms. The highest BCUT2D eigenvalue weighted by Crippen LogP contribution is 2.22. The lowest BCUT2D eigenvalue weighted by Gasteiger charge is -2.26. The third-order valence-electron chi connectivity index (χ3n) is 3.76. The SMILES string of the molecule is CC(C)C1NC(=O)CCN(c2ccc(N(C)C)cc2)C1=O. The zero-order valence-electron chi connectivity index (χ0n) is 13.1. The summed E-state index contributed by atoms with van der Waals surface area (Å²) in [6.45, 7) is 4.32. The monoisotopic (exact) mass is 289 g/mol. The number of carbonyl (C=O) groups excluding carboxylic acids is 2. The zero-order chi connectivity index (χ0) is 15.6. The lowest BCUT2D eigenvalue weighted by molar-refractivity contribution is -0.126. The number of anilines is 2. The Morgan fingerprint density at radius 1 is 1.19 bits per heavy atom. The van der Waals surface area contributed by atoms with Crippen molar-refractivity contribution in [3.05, 3.63) is 24.3 Å². The molecule has 1 heterocycles. The lowest BCUT2D eigenvalue weighted by atomic mass is 10.0. The molecule has 1 aliphatic heterocycles. The summed E-state index contributed by atoms with van der Waals surface area (Å²) >= 11 is 0. The molecule has 1 aromatic carbocycles. The van der Waals surface area contributed by atoms with Crippen LogP contribution in [-0.2, 0) is 9.59 Å². The Bertz CT molecular complexity index is 523. The summed E-state index contributed by atoms with van der Waals surface area (Å²) in [4.78, 5) is 28.1. The molecular weight excluding hydrogens is 266 g/mol. The molecule has 1 saturated heterocycles. The normalized spacial score (nSPS) is 19.5. The first-order chi connectivity index (χ1) is 9.90. The Morgan fingerprint density at radius 2 is 1.81 bits per heavy atom. The van der Waals surface area contributed by atoms with Crippen LogP contribution in [0.1, 0.15) is 20.3 Å². The Kier molecular flexibility index (Phi) is 4.50. The van der Waals surface area contributed by atoms with Gasteiger partial charge in [0.05, 0.1) is 0 Å². The molecule has 5 nitrogen and oxygen atoms in total. The highest BCUT2D eigenvalue weighted by atomic mass is 16.2. The second-order valence-corrected chi connectivity index (χ2v) is 5.94. The molecule has 1 atom stereocenters. The van der Waals surface area contributed by atoms with Crippen LogP contribution >= 0.6 is 0 Å². The standard InChI is InChI=1S/C16H23N3O2/c1-11(2)15-16(21)19(10-9-14(20)17-15)13-7-5-12(6-8-13)18(3)4/h5-8,11,15H,9-10H2,1-4H3,(H,17,20). The van der Waals surface area contributed by atoms with Crippen LogP contribution in [0.4, 0.5) is 11.4 Å². The number of hydrogen-bond donors (Lipinski definition) is 1. The Balaban J connectivity index is 2.28. The van der Waals surface area contributed by atoms with E-state index in [0.717, 1.165) is 11.4 Å². The van der Waals surface area contributed by atoms with Gasteiger partial charge in [-0.1, -0.05) is 13.8 Å². The van der Waals surface area contributed by atoms with Crippen LogP contribution in [0.2, 0.25) is 0 Å². The first-order valence-electron chi connectivity index (χ1n) is 7.28. The van der Waals surface area contributed by atoms with Crippen molar-refractivity contribution in [2.45, 2.75) is 26.3 Å². The highest BCUT2D eigenvalue weighted by Gasteiger charge is 2.32. The van der Waals surface area contributed by atoms with Gasteiger partial charge in [0, 0.05) is 38.4 Å². The topological polar surface area (TPSA) is 52.7 Å². The predicted molar refractivity (Wildman–Crippen MR) is 84.5 cm³/mol. The maximum absolute atomic E-state index is 12.7. The van der Waals surface area contributed by atoms with Crippen molar-refractivity contribution in [2.75, 3.05) is 30.4 Å². The van der Waals surface area contributed by atoms with Crippen molar-refractivity contribution in [3.8, 4) is 0 Å². The van der Waals surface area contributed by atoms with E-state index in [-0.39, 0.29) is 17.7 Å². The summed E-state index contributed by atoms with van der Waals surface area (Å²) in [7, 11) is 3.95. The summed E-state index contributed by atoms with van der Waals surface area (Å²) < 4.78 is 0. The van der Waals surface area contributed by atoms with Gasteiger partial charge in [-0.05, 0) is 30.2 Å². The average molecular weight is 289 g/mol. The largest absolute Gasteiger partial charge is 0.378 e. The predicted octanol–water partition coefficient (Wildman–Crippen LogP) is 1.63. The van der Waals surface area contributed by atoms with Crippen LogP contribution < -0.4 is 15.1 Å². The molecule has 0 spiro atoms. The fraction of sp³-hybridized carbons (Fsp3) is 0.500. The highest BCUT2D eigenvalue weighted by molar-refractivity contribution is 6.01. The Labute approximate surface area is 125 Å². The van der Waals surface area contributed by atoms with Gasteiger partial charge in [0.25, 0.3) is 0 Å². The van der Waals surface area contributed by atoms with Gasteiger partial charge in [-0.25, -0.2) is 0 Å². The van der Waals surface area contributed by atoms with Gasteiger partial charge in [0.2, 0.25) is 11.8 Å². The fourth-order valence-electron chi connectivity index (χ4n) is 2.44. The van der Waals surface area contributed by atoms with Crippen LogP contribution in [0.5, 0.6) is 0 Å². The summed E-state index contributed by atoms with van der Waals surface area (Å²) in [5.74, 6) is -0.0222. The van der Waals surface area contributed by atoms with Crippen LogP contribution in [-0.4, -0.2) is 38.5 Å². The van der Waals surface area contributed by atoms with E-state index < -0.39 is 6.04 Å². The molecule has 1 aromatic rings. The number of carbonyl (C=O) groups is 2. The zero-order valence-corrected chi connectivity index (χ0v) is 13.1. The van der Waals surface area contributed by atoms with Crippen molar-refractivity contribution in [2.24, 2.45) is 5.92 Å². The number of nitrogens with one attached hydrogen (secondary N) is 1. The van der Waals surface area contributed by atoms with E-state index in [1.54, 1.807) is 4.90 Å². The number of rotatable bonds is 3. The third kappa shape index (κ3) is 3.35. The minimum absolute atomic E-state index is 0.0338. The maximum atomic E-state index is 12.7. The molecule has 1 aliphatic rings. The number of benzene rings is 1. The molecule has 0 aliphatic carbocycles. The van der Waals surface area contributed by atoms with E-state index in [1.807, 2.05) is 57.1 Å². The molecule has 5 heteroatoms. The molecule has 0 radical (unpaired) electrons. The first-order valence-corrected chi connectivity index (χ1v) is 7.28. The second kappa shape index (κ2) is 6.16. The van der Waals surface area contributed by atoms with Crippen molar-refractivity contribution in [3.63, 3.8) is 0 Å². The summed E-state index contributed by atoms with van der Waals surface area (Å²) in [6, 6.07) is 7.37. The Hall–Kier alpha value is -2.04. The van der Waals surface area contributed by atoms with Crippen molar-refractivity contribution < 1.29 is 9.59 Å².